The van der Waals surface area contributed by atoms with Gasteiger partial charge in [-0.25, -0.2) is 9.48 Å². The number of furan rings is 1. The van der Waals surface area contributed by atoms with Gasteiger partial charge in [-0.2, -0.15) is 0 Å². The van der Waals surface area contributed by atoms with E-state index in [1.165, 1.54) is 12.0 Å². The van der Waals surface area contributed by atoms with E-state index in [4.69, 9.17) is 9.15 Å². The van der Waals surface area contributed by atoms with E-state index < -0.39 is 5.97 Å². The van der Waals surface area contributed by atoms with Crippen LogP contribution in [0.5, 0.6) is 0 Å². The molecule has 0 saturated heterocycles. The zero-order valence-corrected chi connectivity index (χ0v) is 18.0. The molecule has 1 aliphatic rings. The maximum absolute atomic E-state index is 12.5. The van der Waals surface area contributed by atoms with E-state index in [1.807, 2.05) is 0 Å². The lowest BCUT2D eigenvalue weighted by molar-refractivity contribution is 0.0589. The number of esters is 1. The summed E-state index contributed by atoms with van der Waals surface area (Å²) in [7, 11) is 1.27. The lowest BCUT2D eigenvalue weighted by Gasteiger charge is -2.13. The van der Waals surface area contributed by atoms with Crippen LogP contribution in [0.25, 0.3) is 0 Å². The molecule has 10 nitrogen and oxygen atoms in total. The van der Waals surface area contributed by atoms with Crippen molar-refractivity contribution in [3.05, 3.63) is 70.4 Å². The average Bonchev–Trinajstić information content (AvgIpc) is 3.52. The summed E-state index contributed by atoms with van der Waals surface area (Å²) in [4.78, 5) is 49.1. The average molecular weight is 450 g/mol. The van der Waals surface area contributed by atoms with Crippen LogP contribution in [-0.4, -0.2) is 57.6 Å². The quantitative estimate of drug-likeness (QED) is 0.200. The number of amides is 2. The number of imide groups is 1. The Kier molecular flexibility index (Phi) is 6.43. The number of methoxy groups -OCH3 is 1. The van der Waals surface area contributed by atoms with Gasteiger partial charge in [0.25, 0.3) is 11.8 Å². The lowest BCUT2D eigenvalue weighted by Crippen LogP contribution is -2.30. The predicted octanol–water partition coefficient (Wildman–Crippen LogP) is 2.53. The van der Waals surface area contributed by atoms with Gasteiger partial charge in [-0.3, -0.25) is 19.3 Å². The number of fused-ring (bicyclic) bond motifs is 1. The molecule has 0 fully saturated rings. The van der Waals surface area contributed by atoms with Crippen molar-refractivity contribution >= 4 is 24.1 Å². The van der Waals surface area contributed by atoms with Crippen molar-refractivity contribution in [3.63, 3.8) is 0 Å². The standard InChI is InChI=1S/C23H22N4O6/c1-32-23(31)20-19(27(25-24-20)13-15-10-11-16(14-28)33-15)9-3-2-6-12-26-21(29)17-7-4-5-8-18(17)22(26)30/h4-5,7-8,10-11,14H,2-3,6,9,12-13H2,1H3. The van der Waals surface area contributed by atoms with Gasteiger partial charge in [0.1, 0.15) is 12.3 Å². The Morgan fingerprint density at radius 2 is 1.79 bits per heavy atom. The number of benzene rings is 1. The van der Waals surface area contributed by atoms with E-state index in [-0.39, 0.29) is 29.8 Å². The summed E-state index contributed by atoms with van der Waals surface area (Å²) in [6.07, 6.45) is 3.12. The summed E-state index contributed by atoms with van der Waals surface area (Å²) < 4.78 is 11.7. The summed E-state index contributed by atoms with van der Waals surface area (Å²) in [5.41, 5.74) is 1.60. The number of rotatable bonds is 10. The molecule has 1 aliphatic heterocycles. The van der Waals surface area contributed by atoms with Crippen molar-refractivity contribution in [2.75, 3.05) is 13.7 Å². The number of hydrogen-bond acceptors (Lipinski definition) is 8. The van der Waals surface area contributed by atoms with Gasteiger partial charge in [0.2, 0.25) is 0 Å². The molecule has 0 radical (unpaired) electrons. The van der Waals surface area contributed by atoms with Crippen LogP contribution < -0.4 is 0 Å². The summed E-state index contributed by atoms with van der Waals surface area (Å²) >= 11 is 0. The van der Waals surface area contributed by atoms with Crippen LogP contribution in [0, 0.1) is 0 Å². The molecule has 0 bridgehead atoms. The van der Waals surface area contributed by atoms with Gasteiger partial charge in [0, 0.05) is 6.54 Å². The molecule has 1 aromatic carbocycles. The number of ether oxygens (including phenoxy) is 1. The zero-order chi connectivity index (χ0) is 23.4. The predicted molar refractivity (Wildman–Crippen MR) is 114 cm³/mol. The van der Waals surface area contributed by atoms with Crippen molar-refractivity contribution in [1.29, 1.82) is 0 Å². The van der Waals surface area contributed by atoms with E-state index in [9.17, 15) is 19.2 Å². The second kappa shape index (κ2) is 9.60. The number of unbranched alkanes of at least 4 members (excludes halogenated alkanes) is 2. The fraction of sp³-hybridized carbons (Fsp3) is 0.304. The third-order valence-electron chi connectivity index (χ3n) is 5.49. The maximum atomic E-state index is 12.5. The summed E-state index contributed by atoms with van der Waals surface area (Å²) in [6.45, 7) is 0.538. The molecule has 4 rings (SSSR count). The Balaban J connectivity index is 1.36. The van der Waals surface area contributed by atoms with Crippen molar-refractivity contribution in [2.24, 2.45) is 0 Å². The highest BCUT2D eigenvalue weighted by atomic mass is 16.5. The van der Waals surface area contributed by atoms with Gasteiger partial charge in [-0.05, 0) is 43.5 Å². The minimum atomic E-state index is -0.588. The monoisotopic (exact) mass is 450 g/mol. The first kappa shape index (κ1) is 22.1. The molecule has 0 aliphatic carbocycles. The van der Waals surface area contributed by atoms with E-state index in [2.05, 4.69) is 10.3 Å². The lowest BCUT2D eigenvalue weighted by atomic mass is 10.1. The van der Waals surface area contributed by atoms with Crippen molar-refractivity contribution in [1.82, 2.24) is 19.9 Å². The van der Waals surface area contributed by atoms with Crippen molar-refractivity contribution < 1.29 is 28.3 Å². The molecule has 0 atom stereocenters. The molecule has 0 unspecified atom stereocenters. The van der Waals surface area contributed by atoms with Gasteiger partial charge in [-0.1, -0.05) is 23.8 Å². The van der Waals surface area contributed by atoms with Crippen LogP contribution in [-0.2, 0) is 17.7 Å². The highest BCUT2D eigenvalue weighted by Gasteiger charge is 2.34. The van der Waals surface area contributed by atoms with Crippen LogP contribution in [0.3, 0.4) is 0 Å². The summed E-state index contributed by atoms with van der Waals surface area (Å²) in [5.74, 6) is -0.411. The van der Waals surface area contributed by atoms with Gasteiger partial charge in [0.15, 0.2) is 17.7 Å². The van der Waals surface area contributed by atoms with Crippen LogP contribution in [0.2, 0.25) is 0 Å². The molecule has 0 N–H and O–H groups in total. The molecule has 10 heteroatoms. The Labute approximate surface area is 189 Å². The molecule has 2 aromatic heterocycles. The Hall–Kier alpha value is -4.08. The molecular formula is C23H22N4O6. The summed E-state index contributed by atoms with van der Waals surface area (Å²) in [5, 5.41) is 7.98. The molecule has 0 spiro atoms. The molecule has 3 aromatic rings. The van der Waals surface area contributed by atoms with Crippen molar-refractivity contribution in [2.45, 2.75) is 32.2 Å². The number of carbonyl (C=O) groups is 4. The maximum Gasteiger partial charge on any atom is 0.360 e. The second-order valence-electron chi connectivity index (χ2n) is 7.57. The van der Waals surface area contributed by atoms with Crippen LogP contribution in [0.1, 0.15) is 72.5 Å². The smallest absolute Gasteiger partial charge is 0.360 e. The Morgan fingerprint density at radius 1 is 1.06 bits per heavy atom. The second-order valence-corrected chi connectivity index (χ2v) is 7.57. The Bertz CT molecular complexity index is 1180. The molecule has 3 heterocycles. The molecule has 2 amide bonds. The van der Waals surface area contributed by atoms with Crippen LogP contribution in [0.15, 0.2) is 40.8 Å². The highest BCUT2D eigenvalue weighted by molar-refractivity contribution is 6.21. The largest absolute Gasteiger partial charge is 0.464 e. The topological polar surface area (TPSA) is 125 Å². The van der Waals surface area contributed by atoms with Gasteiger partial charge < -0.3 is 9.15 Å². The normalized spacial score (nSPS) is 12.8. The fourth-order valence-electron chi connectivity index (χ4n) is 3.83. The van der Waals surface area contributed by atoms with E-state index >= 15 is 0 Å². The first-order valence-electron chi connectivity index (χ1n) is 10.5. The Morgan fingerprint density at radius 3 is 2.42 bits per heavy atom. The zero-order valence-electron chi connectivity index (χ0n) is 18.0. The van der Waals surface area contributed by atoms with E-state index in [0.29, 0.717) is 54.7 Å². The minimum absolute atomic E-state index is 0.125. The molecule has 0 saturated carbocycles. The van der Waals surface area contributed by atoms with Crippen LogP contribution >= 0.6 is 0 Å². The highest BCUT2D eigenvalue weighted by Crippen LogP contribution is 2.23. The number of aldehydes is 1. The number of nitrogens with zero attached hydrogens (tertiary/aromatic N) is 4. The SMILES string of the molecule is COC(=O)c1nnn(Cc2ccc(C=O)o2)c1CCCCCN1C(=O)c2ccccc2C1=O. The van der Waals surface area contributed by atoms with E-state index in [1.54, 1.807) is 41.1 Å². The first-order chi connectivity index (χ1) is 16.0. The third kappa shape index (κ3) is 4.45. The van der Waals surface area contributed by atoms with E-state index in [0.717, 1.165) is 6.42 Å². The third-order valence-corrected chi connectivity index (χ3v) is 5.49. The molecule has 33 heavy (non-hydrogen) atoms. The van der Waals surface area contributed by atoms with Gasteiger partial charge in [0.05, 0.1) is 23.9 Å². The summed E-state index contributed by atoms with van der Waals surface area (Å²) in [6, 6.07) is 10.0. The minimum Gasteiger partial charge on any atom is -0.464 e. The number of carbonyl (C=O) groups excluding carboxylic acids is 4. The molecule has 170 valence electrons. The first-order valence-corrected chi connectivity index (χ1v) is 10.5. The molecular weight excluding hydrogens is 428 g/mol. The van der Waals surface area contributed by atoms with Gasteiger partial charge in [-0.15, -0.1) is 5.10 Å². The number of hydrogen-bond donors (Lipinski definition) is 0. The van der Waals surface area contributed by atoms with Crippen LogP contribution in [0.4, 0.5) is 0 Å². The fourth-order valence-corrected chi connectivity index (χ4v) is 3.83. The number of aromatic nitrogens is 3. The van der Waals surface area contributed by atoms with Crippen molar-refractivity contribution in [3.8, 4) is 0 Å². The van der Waals surface area contributed by atoms with Gasteiger partial charge >= 0.3 is 5.97 Å².